The van der Waals surface area contributed by atoms with Gasteiger partial charge in [-0.2, -0.15) is 0 Å². The second-order valence-electron chi connectivity index (χ2n) is 13.6. The Morgan fingerprint density at radius 3 is 1.17 bits per heavy atom. The van der Waals surface area contributed by atoms with Crippen molar-refractivity contribution in [2.75, 3.05) is 0 Å². The van der Waals surface area contributed by atoms with Crippen LogP contribution in [0.4, 0.5) is 0 Å². The number of benzene rings is 8. The van der Waals surface area contributed by atoms with Crippen LogP contribution in [0.2, 0.25) is 0 Å². The van der Waals surface area contributed by atoms with E-state index in [-0.39, 0.29) is 14.5 Å². The van der Waals surface area contributed by atoms with E-state index in [9.17, 15) is 0 Å². The van der Waals surface area contributed by atoms with Crippen molar-refractivity contribution in [2.24, 2.45) is 0 Å². The second-order valence-corrected chi connectivity index (χ2v) is 15.8. The molecule has 0 N–H and O–H groups in total. The molecule has 8 aromatic carbocycles. The minimum absolute atomic E-state index is 0.114. The predicted molar refractivity (Wildman–Crippen MR) is 226 cm³/mol. The fraction of sp³-hybridized carbons (Fsp3) is 0. The number of fused-ring (bicyclic) bond motifs is 7. The maximum atomic E-state index is 4.52. The molecule has 0 amide bonds. The van der Waals surface area contributed by atoms with Gasteiger partial charge in [0.15, 0.2) is 0 Å². The molecule has 0 spiro atoms. The zero-order valence-electron chi connectivity index (χ0n) is 28.6. The molecule has 3 heterocycles. The third-order valence-electron chi connectivity index (χ3n) is 10.8. The topological polar surface area (TPSA) is 25.8 Å². The number of pyridine rings is 2. The molecule has 0 fully saturated rings. The van der Waals surface area contributed by atoms with E-state index in [1.54, 1.807) is 0 Å². The van der Waals surface area contributed by atoms with Gasteiger partial charge in [-0.25, -0.2) is 0 Å². The number of aromatic nitrogens is 2. The number of rotatable bonds is 4. The van der Waals surface area contributed by atoms with Gasteiger partial charge < -0.3 is 0 Å². The van der Waals surface area contributed by atoms with E-state index in [1.807, 2.05) is 36.9 Å². The molecule has 0 aliphatic carbocycles. The molecule has 0 aliphatic rings. The molecule has 0 aliphatic heterocycles. The normalized spacial score (nSPS) is 11.8. The first-order valence-corrected chi connectivity index (χ1v) is 19.7. The Balaban J connectivity index is 1.24. The molecule has 0 bridgehead atoms. The van der Waals surface area contributed by atoms with Gasteiger partial charge in [0.1, 0.15) is 0 Å². The molecule has 246 valence electrons. The summed E-state index contributed by atoms with van der Waals surface area (Å²) in [6, 6.07) is 58.1. The van der Waals surface area contributed by atoms with Crippen LogP contribution in [0.5, 0.6) is 0 Å². The first-order chi connectivity index (χ1) is 26.3. The van der Waals surface area contributed by atoms with Crippen molar-refractivity contribution < 1.29 is 0 Å². The van der Waals surface area contributed by atoms with Crippen LogP contribution < -0.4 is 0 Å². The summed E-state index contributed by atoms with van der Waals surface area (Å²) in [5.41, 5.74) is 9.99. The maximum absolute atomic E-state index is 4.52. The van der Waals surface area contributed by atoms with Crippen LogP contribution in [0.3, 0.4) is 0 Å². The molecule has 0 saturated heterocycles. The minimum atomic E-state index is 0.114. The van der Waals surface area contributed by atoms with Gasteiger partial charge >= 0.3 is 314 Å². The standard InChI is InChI=1S/C50H30N2Se/c1-5-19-37-33(15-1)45(31-13-11-27-51-29-31)34-16-2-6-20-38(34)47(37)41-23-10-26-44-49(41)43-25-9-24-42(50(43)53-44)48-39-21-7-3-17-35(39)46(32-14-12-28-52-30-32)36-18-4-8-22-40(36)48/h1-30H. The van der Waals surface area contributed by atoms with Gasteiger partial charge in [0, 0.05) is 0 Å². The van der Waals surface area contributed by atoms with Gasteiger partial charge in [0.25, 0.3) is 0 Å². The summed E-state index contributed by atoms with van der Waals surface area (Å²) in [4.78, 5) is 9.03. The second kappa shape index (κ2) is 12.1. The monoisotopic (exact) mass is 738 g/mol. The molecular weight excluding hydrogens is 708 g/mol. The van der Waals surface area contributed by atoms with E-state index in [0.717, 1.165) is 11.1 Å². The van der Waals surface area contributed by atoms with Gasteiger partial charge in [-0.05, 0) is 0 Å². The van der Waals surface area contributed by atoms with Crippen LogP contribution in [0.25, 0.3) is 107 Å². The molecule has 3 aromatic heterocycles. The zero-order valence-corrected chi connectivity index (χ0v) is 30.3. The van der Waals surface area contributed by atoms with Crippen molar-refractivity contribution in [1.29, 1.82) is 0 Å². The summed E-state index contributed by atoms with van der Waals surface area (Å²) in [5.74, 6) is 0. The average Bonchev–Trinajstić information content (AvgIpc) is 3.62. The first-order valence-electron chi connectivity index (χ1n) is 18.0. The van der Waals surface area contributed by atoms with Crippen LogP contribution in [-0.2, 0) is 0 Å². The van der Waals surface area contributed by atoms with Gasteiger partial charge in [-0.3, -0.25) is 0 Å². The molecule has 11 rings (SSSR count). The molecule has 2 nitrogen and oxygen atoms in total. The summed E-state index contributed by atoms with van der Waals surface area (Å²) in [7, 11) is 0. The molecular formula is C50H30N2Se. The number of hydrogen-bond acceptors (Lipinski definition) is 2. The van der Waals surface area contributed by atoms with Crippen LogP contribution in [-0.4, -0.2) is 24.5 Å². The van der Waals surface area contributed by atoms with Crippen LogP contribution in [0.15, 0.2) is 183 Å². The molecule has 53 heavy (non-hydrogen) atoms. The first kappa shape index (κ1) is 30.3. The Labute approximate surface area is 312 Å². The molecule has 0 unspecified atom stereocenters. The van der Waals surface area contributed by atoms with E-state index in [1.165, 1.54) is 95.8 Å². The van der Waals surface area contributed by atoms with E-state index in [2.05, 4.69) is 156 Å². The van der Waals surface area contributed by atoms with Crippen molar-refractivity contribution in [3.05, 3.63) is 183 Å². The van der Waals surface area contributed by atoms with Crippen molar-refractivity contribution in [1.82, 2.24) is 9.97 Å². The summed E-state index contributed by atoms with van der Waals surface area (Å²) >= 11 is 0.114. The molecule has 3 heteroatoms. The Kier molecular flexibility index (Phi) is 6.91. The number of hydrogen-bond donors (Lipinski definition) is 0. The van der Waals surface area contributed by atoms with Crippen molar-refractivity contribution >= 4 is 76.9 Å². The van der Waals surface area contributed by atoms with Gasteiger partial charge in [0.2, 0.25) is 0 Å². The Morgan fingerprint density at radius 2 is 0.717 bits per heavy atom. The summed E-state index contributed by atoms with van der Waals surface area (Å²) in [6.45, 7) is 0. The molecule has 0 radical (unpaired) electrons. The Morgan fingerprint density at radius 1 is 0.321 bits per heavy atom. The number of nitrogens with zero attached hydrogens (tertiary/aromatic N) is 2. The summed E-state index contributed by atoms with van der Waals surface area (Å²) < 4.78 is 2.88. The summed E-state index contributed by atoms with van der Waals surface area (Å²) in [5, 5.41) is 12.8. The summed E-state index contributed by atoms with van der Waals surface area (Å²) in [6.07, 6.45) is 7.69. The van der Waals surface area contributed by atoms with Crippen LogP contribution >= 0.6 is 0 Å². The molecule has 11 aromatic rings. The van der Waals surface area contributed by atoms with Gasteiger partial charge in [-0.1, -0.05) is 0 Å². The molecule has 0 saturated carbocycles. The SMILES string of the molecule is c1cncc(-c2c3ccccc3c(-c3cccc4c3[se]c3cccc(-c5c6ccccc6c(-c6cccnc6)c6ccccc56)c34)c3ccccc23)c1. The third kappa shape index (κ3) is 4.58. The van der Waals surface area contributed by atoms with Crippen molar-refractivity contribution in [3.8, 4) is 44.5 Å². The van der Waals surface area contributed by atoms with Crippen molar-refractivity contribution in [3.63, 3.8) is 0 Å². The zero-order chi connectivity index (χ0) is 34.9. The van der Waals surface area contributed by atoms with Gasteiger partial charge in [-0.15, -0.1) is 0 Å². The average molecular weight is 738 g/mol. The van der Waals surface area contributed by atoms with Crippen molar-refractivity contribution in [2.45, 2.75) is 0 Å². The fourth-order valence-electron chi connectivity index (χ4n) is 8.73. The fourth-order valence-corrected chi connectivity index (χ4v) is 11.4. The van der Waals surface area contributed by atoms with E-state index in [0.29, 0.717) is 0 Å². The predicted octanol–water partition coefficient (Wildman–Crippen LogP) is 13.1. The van der Waals surface area contributed by atoms with E-state index in [4.69, 9.17) is 0 Å². The quantitative estimate of drug-likeness (QED) is 0.133. The van der Waals surface area contributed by atoms with Gasteiger partial charge in [0.05, 0.1) is 0 Å². The Bertz CT molecular complexity index is 3100. The van der Waals surface area contributed by atoms with Crippen LogP contribution in [0, 0.1) is 0 Å². The van der Waals surface area contributed by atoms with E-state index < -0.39 is 0 Å². The third-order valence-corrected chi connectivity index (χ3v) is 13.4. The van der Waals surface area contributed by atoms with E-state index >= 15 is 0 Å². The Hall–Kier alpha value is -6.38. The molecule has 0 atom stereocenters. The van der Waals surface area contributed by atoms with Crippen LogP contribution in [0.1, 0.15) is 0 Å².